The van der Waals surface area contributed by atoms with Gasteiger partial charge in [0.25, 0.3) is 0 Å². The van der Waals surface area contributed by atoms with E-state index < -0.39 is 5.41 Å². The van der Waals surface area contributed by atoms with Crippen LogP contribution in [0.3, 0.4) is 0 Å². The van der Waals surface area contributed by atoms with Crippen LogP contribution in [0.2, 0.25) is 0 Å². The summed E-state index contributed by atoms with van der Waals surface area (Å²) in [5.74, 6) is 0. The van der Waals surface area contributed by atoms with Gasteiger partial charge in [-0.15, -0.1) is 0 Å². The van der Waals surface area contributed by atoms with E-state index >= 15 is 0 Å². The molecule has 16 rings (SSSR count). The predicted molar refractivity (Wildman–Crippen MR) is 292 cm³/mol. The molecule has 0 atom stereocenters. The maximum Gasteiger partial charge on any atom is 0.0937 e. The summed E-state index contributed by atoms with van der Waals surface area (Å²) in [5, 5.41) is 7.45. The fourth-order valence-electron chi connectivity index (χ4n) is 12.5. The van der Waals surface area contributed by atoms with Gasteiger partial charge in [0, 0.05) is 71.6 Å². The first-order valence-corrected chi connectivity index (χ1v) is 25.0. The maximum absolute atomic E-state index is 5.09. The van der Waals surface area contributed by atoms with Crippen LogP contribution in [-0.2, 0) is 5.41 Å². The molecular formula is C65H39N5S. The molecule has 0 saturated carbocycles. The Balaban J connectivity index is 0.892. The monoisotopic (exact) mass is 921 g/mol. The molecule has 0 unspecified atom stereocenters. The van der Waals surface area contributed by atoms with Crippen LogP contribution >= 0.6 is 11.8 Å². The Morgan fingerprint density at radius 2 is 0.704 bits per heavy atom. The minimum atomic E-state index is -0.671. The summed E-state index contributed by atoms with van der Waals surface area (Å²) < 4.78 is 7.27. The second-order valence-corrected chi connectivity index (χ2v) is 20.0. The third-order valence-electron chi connectivity index (χ3n) is 15.4. The van der Waals surface area contributed by atoms with E-state index in [4.69, 9.17) is 9.97 Å². The van der Waals surface area contributed by atoms with Crippen LogP contribution in [0.15, 0.2) is 247 Å². The van der Waals surface area contributed by atoms with E-state index in [0.29, 0.717) is 0 Å². The number of para-hydroxylation sites is 5. The summed E-state index contributed by atoms with van der Waals surface area (Å²) in [6, 6.07) is 82.8. The Morgan fingerprint density at radius 3 is 1.23 bits per heavy atom. The Bertz CT molecular complexity index is 4440. The molecule has 1 aliphatic heterocycles. The van der Waals surface area contributed by atoms with Crippen molar-refractivity contribution in [1.29, 1.82) is 0 Å². The van der Waals surface area contributed by atoms with Crippen molar-refractivity contribution in [2.75, 3.05) is 0 Å². The van der Waals surface area contributed by atoms with Crippen LogP contribution in [0, 0.1) is 0 Å². The van der Waals surface area contributed by atoms with Crippen molar-refractivity contribution in [2.24, 2.45) is 0 Å². The predicted octanol–water partition coefficient (Wildman–Crippen LogP) is 16.3. The second kappa shape index (κ2) is 14.5. The quantitative estimate of drug-likeness (QED) is 0.177. The van der Waals surface area contributed by atoms with Gasteiger partial charge in [-0.05, 0) is 137 Å². The van der Waals surface area contributed by atoms with Crippen molar-refractivity contribution in [3.05, 3.63) is 259 Å². The van der Waals surface area contributed by atoms with E-state index in [2.05, 4.69) is 238 Å². The SMILES string of the molecule is c1cc(-n2c3ccccc3c3ccccc32)cc(-n2c3ccccc3c3cc(-c4ccc5c(c4)C4(c6cc(-n7c8ccccc8c8ccccc87)ccc6S5)c5cccnc5-c5ncccc54)ccc32)c1. The highest BCUT2D eigenvalue weighted by Crippen LogP contribution is 2.62. The number of rotatable bonds is 4. The lowest BCUT2D eigenvalue weighted by molar-refractivity contribution is 0.718. The van der Waals surface area contributed by atoms with Crippen molar-refractivity contribution < 1.29 is 0 Å². The molecule has 0 radical (unpaired) electrons. The van der Waals surface area contributed by atoms with Crippen molar-refractivity contribution in [1.82, 2.24) is 23.7 Å². The largest absolute Gasteiger partial charge is 0.309 e. The molecule has 0 saturated heterocycles. The number of pyridine rings is 2. The first-order valence-electron chi connectivity index (χ1n) is 24.2. The molecule has 2 aliphatic rings. The standard InChI is InChI=1S/C65H39N5S/c1-6-23-55-45(16-1)46-17-2-7-24-56(46)68(55)42-14-11-15-43(38-42)69-59-27-10-5-20-49(59)50-36-40(28-31-60(50)69)41-29-32-61-53(37-41)65(51-21-12-34-66-63(51)64-52(65)22-13-35-67-64)54-39-44(30-33-62(54)71-61)70-57-25-8-3-18-47(57)48-19-4-9-26-58(48)70/h1-39H. The number of aromatic nitrogens is 5. The molecule has 14 aromatic rings. The van der Waals surface area contributed by atoms with E-state index in [1.165, 1.54) is 97.5 Å². The summed E-state index contributed by atoms with van der Waals surface area (Å²) in [6.07, 6.45) is 3.82. The minimum absolute atomic E-state index is 0.671. The van der Waals surface area contributed by atoms with Crippen LogP contribution in [0.5, 0.6) is 0 Å². The Morgan fingerprint density at radius 1 is 0.296 bits per heavy atom. The van der Waals surface area contributed by atoms with Gasteiger partial charge in [0.1, 0.15) is 0 Å². The molecule has 0 fully saturated rings. The van der Waals surface area contributed by atoms with Crippen LogP contribution in [0.25, 0.3) is 105 Å². The van der Waals surface area contributed by atoms with Crippen LogP contribution in [0.4, 0.5) is 0 Å². The van der Waals surface area contributed by atoms with Gasteiger partial charge in [0.05, 0.1) is 49.9 Å². The Labute approximate surface area is 412 Å². The molecule has 0 bridgehead atoms. The molecule has 1 spiro atoms. The number of hydrogen-bond acceptors (Lipinski definition) is 3. The van der Waals surface area contributed by atoms with E-state index in [9.17, 15) is 0 Å². The third kappa shape index (κ3) is 5.26. The summed E-state index contributed by atoms with van der Waals surface area (Å²) in [7, 11) is 0. The van der Waals surface area contributed by atoms with E-state index in [-0.39, 0.29) is 0 Å². The number of fused-ring (bicyclic) bond motifs is 18. The summed E-state index contributed by atoms with van der Waals surface area (Å²) >= 11 is 1.86. The fraction of sp³-hybridized carbons (Fsp3) is 0.0154. The molecule has 0 amide bonds. The average molecular weight is 922 g/mol. The Kier molecular flexibility index (Phi) is 7.97. The first kappa shape index (κ1) is 38.9. The van der Waals surface area contributed by atoms with E-state index in [1.54, 1.807) is 0 Å². The average Bonchev–Trinajstić information content (AvgIpc) is 4.15. The normalized spacial score (nSPS) is 13.4. The third-order valence-corrected chi connectivity index (χ3v) is 16.5. The molecule has 0 N–H and O–H groups in total. The molecule has 5 nitrogen and oxygen atoms in total. The van der Waals surface area contributed by atoms with Gasteiger partial charge in [-0.25, -0.2) is 0 Å². The second-order valence-electron chi connectivity index (χ2n) is 18.9. The van der Waals surface area contributed by atoms with Gasteiger partial charge in [-0.2, -0.15) is 0 Å². The zero-order valence-corrected chi connectivity index (χ0v) is 39.0. The lowest BCUT2D eigenvalue weighted by Gasteiger charge is -2.39. The minimum Gasteiger partial charge on any atom is -0.309 e. The van der Waals surface area contributed by atoms with Gasteiger partial charge in [0.15, 0.2) is 0 Å². The van der Waals surface area contributed by atoms with Gasteiger partial charge >= 0.3 is 0 Å². The van der Waals surface area contributed by atoms with Crippen molar-refractivity contribution in [3.63, 3.8) is 0 Å². The highest BCUT2D eigenvalue weighted by molar-refractivity contribution is 7.99. The first-order chi connectivity index (χ1) is 35.2. The molecule has 6 heteroatoms. The van der Waals surface area contributed by atoms with Crippen LogP contribution in [0.1, 0.15) is 22.3 Å². The number of hydrogen-bond donors (Lipinski definition) is 0. The summed E-state index contributed by atoms with van der Waals surface area (Å²) in [6.45, 7) is 0. The van der Waals surface area contributed by atoms with Gasteiger partial charge in [0.2, 0.25) is 0 Å². The highest BCUT2D eigenvalue weighted by Gasteiger charge is 2.52. The van der Waals surface area contributed by atoms with E-state index in [1.807, 2.05) is 24.2 Å². The van der Waals surface area contributed by atoms with Gasteiger partial charge in [-0.3, -0.25) is 9.97 Å². The van der Waals surface area contributed by atoms with Gasteiger partial charge < -0.3 is 13.7 Å². The zero-order chi connectivity index (χ0) is 46.4. The molecule has 5 aromatic heterocycles. The topological polar surface area (TPSA) is 40.6 Å². The Hall–Kier alpha value is -8.97. The lowest BCUT2D eigenvalue weighted by Crippen LogP contribution is -2.32. The maximum atomic E-state index is 5.09. The molecule has 1 aliphatic carbocycles. The highest BCUT2D eigenvalue weighted by atomic mass is 32.2. The van der Waals surface area contributed by atoms with Crippen molar-refractivity contribution >= 4 is 77.2 Å². The van der Waals surface area contributed by atoms with E-state index in [0.717, 1.165) is 39.6 Å². The lowest BCUT2D eigenvalue weighted by atomic mass is 9.67. The van der Waals surface area contributed by atoms with Crippen molar-refractivity contribution in [3.8, 4) is 39.6 Å². The number of benzene rings is 9. The zero-order valence-electron chi connectivity index (χ0n) is 38.2. The van der Waals surface area contributed by atoms with Crippen LogP contribution in [-0.4, -0.2) is 23.7 Å². The smallest absolute Gasteiger partial charge is 0.0937 e. The molecule has 9 aromatic carbocycles. The van der Waals surface area contributed by atoms with Crippen LogP contribution < -0.4 is 0 Å². The van der Waals surface area contributed by atoms with Gasteiger partial charge in [-0.1, -0.05) is 133 Å². The van der Waals surface area contributed by atoms with Crippen molar-refractivity contribution in [2.45, 2.75) is 15.2 Å². The molecule has 71 heavy (non-hydrogen) atoms. The fourth-order valence-corrected chi connectivity index (χ4v) is 13.7. The molecule has 330 valence electrons. The number of nitrogens with zero attached hydrogens (tertiary/aromatic N) is 5. The molecular weight excluding hydrogens is 883 g/mol. The molecule has 6 heterocycles. The summed E-state index contributed by atoms with van der Waals surface area (Å²) in [4.78, 5) is 12.6. The summed E-state index contributed by atoms with van der Waals surface area (Å²) in [5.41, 5.74) is 18.9.